The van der Waals surface area contributed by atoms with Crippen LogP contribution >= 0.6 is 24.8 Å². The van der Waals surface area contributed by atoms with Crippen molar-refractivity contribution < 1.29 is 13.9 Å². The van der Waals surface area contributed by atoms with Gasteiger partial charge >= 0.3 is 0 Å². The minimum Gasteiger partial charge on any atom is -0.368 e. The molecule has 2 fully saturated rings. The molecule has 9 heteroatoms. The molecule has 1 saturated carbocycles. The first kappa shape index (κ1) is 26.2. The highest BCUT2D eigenvalue weighted by molar-refractivity contribution is 5.98. The van der Waals surface area contributed by atoms with Crippen LogP contribution in [0.4, 0.5) is 10.1 Å². The zero-order chi connectivity index (χ0) is 22.3. The number of anilines is 1. The molecule has 0 aromatic heterocycles. The van der Waals surface area contributed by atoms with Crippen molar-refractivity contribution in [1.29, 1.82) is 5.26 Å². The summed E-state index contributed by atoms with van der Waals surface area (Å²) in [5.74, 6) is -1.05. The van der Waals surface area contributed by atoms with Crippen molar-refractivity contribution in [2.24, 2.45) is 5.73 Å². The third-order valence-electron chi connectivity index (χ3n) is 7.44. The lowest BCUT2D eigenvalue weighted by Gasteiger charge is -2.45. The van der Waals surface area contributed by atoms with Crippen LogP contribution in [0.3, 0.4) is 0 Å². The van der Waals surface area contributed by atoms with Crippen LogP contribution in [0.2, 0.25) is 0 Å². The number of carbonyl (C=O) groups excluding carboxylic acids is 1. The Bertz CT molecular complexity index is 1090. The number of amides is 1. The van der Waals surface area contributed by atoms with Crippen LogP contribution in [-0.2, 0) is 16.9 Å². The van der Waals surface area contributed by atoms with Gasteiger partial charge in [-0.25, -0.2) is 4.39 Å². The average molecular weight is 507 g/mol. The first-order chi connectivity index (χ1) is 15.5. The lowest BCUT2D eigenvalue weighted by molar-refractivity contribution is -0.0777. The van der Waals surface area contributed by atoms with Crippen LogP contribution in [0.1, 0.15) is 52.7 Å². The summed E-state index contributed by atoms with van der Waals surface area (Å²) >= 11 is 0. The predicted octanol–water partition coefficient (Wildman–Crippen LogP) is 4.13. The lowest BCUT2D eigenvalue weighted by atomic mass is 9.76. The summed E-state index contributed by atoms with van der Waals surface area (Å²) in [5, 5.41) is 9.41. The molecule has 0 unspecified atom stereocenters. The molecule has 34 heavy (non-hydrogen) atoms. The number of primary amides is 1. The maximum absolute atomic E-state index is 13.6. The van der Waals surface area contributed by atoms with Crippen LogP contribution in [0.15, 0.2) is 36.4 Å². The number of benzene rings is 2. The molecule has 1 spiro atoms. The topological polar surface area (TPSA) is 82.6 Å². The van der Waals surface area contributed by atoms with E-state index in [9.17, 15) is 14.4 Å². The fraction of sp³-hybridized carbons (Fsp3) is 0.440. The van der Waals surface area contributed by atoms with E-state index in [1.165, 1.54) is 17.7 Å². The molecule has 2 heterocycles. The highest BCUT2D eigenvalue weighted by atomic mass is 35.5. The van der Waals surface area contributed by atoms with Gasteiger partial charge in [-0.05, 0) is 55.5 Å². The van der Waals surface area contributed by atoms with Gasteiger partial charge in [0.15, 0.2) is 0 Å². The van der Waals surface area contributed by atoms with Gasteiger partial charge < -0.3 is 15.4 Å². The van der Waals surface area contributed by atoms with E-state index >= 15 is 0 Å². The van der Waals surface area contributed by atoms with Gasteiger partial charge in [0.2, 0.25) is 0 Å². The zero-order valence-electron chi connectivity index (χ0n) is 18.8. The van der Waals surface area contributed by atoms with Crippen molar-refractivity contribution in [3.05, 3.63) is 64.5 Å². The summed E-state index contributed by atoms with van der Waals surface area (Å²) in [4.78, 5) is 16.4. The van der Waals surface area contributed by atoms with Crippen molar-refractivity contribution in [2.45, 2.75) is 43.9 Å². The fourth-order valence-corrected chi connectivity index (χ4v) is 5.72. The number of piperazine rings is 1. The molecule has 2 aromatic rings. The molecule has 1 aliphatic carbocycles. The van der Waals surface area contributed by atoms with E-state index in [0.717, 1.165) is 63.0 Å². The average Bonchev–Trinajstić information content (AvgIpc) is 3.18. The second kappa shape index (κ2) is 10.5. The van der Waals surface area contributed by atoms with Crippen LogP contribution in [0.25, 0.3) is 0 Å². The molecule has 2 N–H and O–H groups in total. The number of hydrogen-bond acceptors (Lipinski definition) is 5. The second-order valence-corrected chi connectivity index (χ2v) is 9.01. The molecule has 3 aliphatic rings. The summed E-state index contributed by atoms with van der Waals surface area (Å²) in [7, 11) is 0. The highest BCUT2D eigenvalue weighted by Gasteiger charge is 2.44. The van der Waals surface area contributed by atoms with Crippen molar-refractivity contribution in [3.63, 3.8) is 0 Å². The largest absolute Gasteiger partial charge is 0.368 e. The van der Waals surface area contributed by atoms with Gasteiger partial charge in [-0.15, -0.1) is 24.8 Å². The minimum atomic E-state index is -0.601. The normalized spacial score (nSPS) is 24.0. The Morgan fingerprint density at radius 2 is 1.82 bits per heavy atom. The molecule has 182 valence electrons. The first-order valence-electron chi connectivity index (χ1n) is 11.3. The number of nitrogens with zero attached hydrogens (tertiary/aromatic N) is 3. The maximum atomic E-state index is 13.6. The number of halogens is 3. The second-order valence-electron chi connectivity index (χ2n) is 9.01. The van der Waals surface area contributed by atoms with E-state index in [1.807, 2.05) is 12.1 Å². The molecule has 5 rings (SSSR count). The van der Waals surface area contributed by atoms with Gasteiger partial charge in [-0.2, -0.15) is 5.26 Å². The van der Waals surface area contributed by atoms with Gasteiger partial charge in [-0.1, -0.05) is 12.1 Å². The molecule has 0 radical (unpaired) electrons. The Kier molecular flexibility index (Phi) is 8.10. The van der Waals surface area contributed by atoms with E-state index in [-0.39, 0.29) is 36.0 Å². The molecule has 2 aliphatic heterocycles. The van der Waals surface area contributed by atoms with Gasteiger partial charge in [-0.3, -0.25) is 9.69 Å². The van der Waals surface area contributed by atoms with Crippen LogP contribution in [0, 0.1) is 17.1 Å². The quantitative estimate of drug-likeness (QED) is 0.676. The van der Waals surface area contributed by atoms with E-state index in [4.69, 9.17) is 10.5 Å². The molecule has 2 aromatic carbocycles. The SMILES string of the molecule is Cl.Cl.N#Cc1cccc2c1COC21CCC(N2CCN(c3ccc(F)cc3C(N)=O)CC2)CC1. The summed E-state index contributed by atoms with van der Waals surface area (Å²) in [5.41, 5.74) is 9.18. The number of nitriles is 1. The molecule has 0 atom stereocenters. The lowest BCUT2D eigenvalue weighted by Crippen LogP contribution is -2.52. The molecule has 1 amide bonds. The number of nitrogens with two attached hydrogens (primary N) is 1. The number of hydrogen-bond donors (Lipinski definition) is 1. The molecule has 1 saturated heterocycles. The monoisotopic (exact) mass is 506 g/mol. The van der Waals surface area contributed by atoms with Crippen LogP contribution < -0.4 is 10.6 Å². The Morgan fingerprint density at radius 1 is 1.12 bits per heavy atom. The van der Waals surface area contributed by atoms with Crippen LogP contribution in [0.5, 0.6) is 0 Å². The molecule has 6 nitrogen and oxygen atoms in total. The van der Waals surface area contributed by atoms with E-state index in [1.54, 1.807) is 6.07 Å². The number of carbonyl (C=O) groups is 1. The fourth-order valence-electron chi connectivity index (χ4n) is 5.72. The van der Waals surface area contributed by atoms with Crippen molar-refractivity contribution in [2.75, 3.05) is 31.1 Å². The van der Waals surface area contributed by atoms with E-state index < -0.39 is 11.7 Å². The maximum Gasteiger partial charge on any atom is 0.250 e. The molecule has 0 bridgehead atoms. The third kappa shape index (κ3) is 4.60. The van der Waals surface area contributed by atoms with Crippen LogP contribution in [-0.4, -0.2) is 43.0 Å². The summed E-state index contributed by atoms with van der Waals surface area (Å²) in [6.07, 6.45) is 4.03. The van der Waals surface area contributed by atoms with E-state index in [2.05, 4.69) is 21.9 Å². The summed E-state index contributed by atoms with van der Waals surface area (Å²) in [6, 6.07) is 13.0. The highest BCUT2D eigenvalue weighted by Crippen LogP contribution is 2.48. The van der Waals surface area contributed by atoms with Gasteiger partial charge in [0.25, 0.3) is 5.91 Å². The van der Waals surface area contributed by atoms with Crippen molar-refractivity contribution in [1.82, 2.24) is 4.90 Å². The van der Waals surface area contributed by atoms with Gasteiger partial charge in [0.05, 0.1) is 29.4 Å². The van der Waals surface area contributed by atoms with Crippen molar-refractivity contribution >= 4 is 36.4 Å². The van der Waals surface area contributed by atoms with Gasteiger partial charge in [0.1, 0.15) is 5.82 Å². The Labute approximate surface area is 211 Å². The Morgan fingerprint density at radius 3 is 2.47 bits per heavy atom. The number of rotatable bonds is 3. The smallest absolute Gasteiger partial charge is 0.250 e. The Hall–Kier alpha value is -2.37. The predicted molar refractivity (Wildman–Crippen MR) is 133 cm³/mol. The molecular weight excluding hydrogens is 478 g/mol. The van der Waals surface area contributed by atoms with Crippen molar-refractivity contribution in [3.8, 4) is 6.07 Å². The van der Waals surface area contributed by atoms with E-state index in [0.29, 0.717) is 18.3 Å². The zero-order valence-corrected chi connectivity index (χ0v) is 20.5. The van der Waals surface area contributed by atoms with Gasteiger partial charge in [0, 0.05) is 43.5 Å². The minimum absolute atomic E-state index is 0. The molecular formula is C25H29Cl2FN4O2. The first-order valence-corrected chi connectivity index (χ1v) is 11.3. The summed E-state index contributed by atoms with van der Waals surface area (Å²) in [6.45, 7) is 3.87. The number of fused-ring (bicyclic) bond motifs is 2. The standard InChI is InChI=1S/C25H27FN4O2.2ClH/c26-18-4-5-23(20(14-18)24(28)31)30-12-10-29(11-13-30)19-6-8-25(9-7-19)22-3-1-2-17(15-27)21(22)16-32-25;;/h1-5,14,19H,6-13,16H2,(H2,28,31);2*1H. The summed E-state index contributed by atoms with van der Waals surface area (Å²) < 4.78 is 19.9. The third-order valence-corrected chi connectivity index (χ3v) is 7.44. The number of ether oxygens (including phenoxy) is 1. The Balaban J connectivity index is 0.00000162.